The number of amides is 2. The second-order valence-corrected chi connectivity index (χ2v) is 69.3. The van der Waals surface area contributed by atoms with Crippen LogP contribution in [-0.4, -0.2) is 163 Å². The Morgan fingerprint density at radius 1 is 0.488 bits per heavy atom. The van der Waals surface area contributed by atoms with Crippen molar-refractivity contribution in [2.45, 2.75) is 167 Å². The number of carboxylic acids is 3. The van der Waals surface area contributed by atoms with E-state index in [9.17, 15) is 42.3 Å². The summed E-state index contributed by atoms with van der Waals surface area (Å²) in [6.45, 7) is 41.7. The SMILES string of the molecule is CC(=O)OCc1ccc(C(=O)NC[Si](C)(C)C)cc1Br.CC(=O)OCc1ccc(C(=S)NC[Si](C)(C)C)cc1Br.CC(=O)[O-].CSC(=NC[Si](C)(C)C)c1ccc(COC(C)=O)c(Br)c1.C[Si](C)(C)CN.C[Si](C)(C)CNC(=O)c1ccc(CBr)c(Br)c1.Cc1ccc(C(=O)O)cc1Br.ClC(Cl)(Cl)Cl.O=C(O)c1ccc(CBr)c(Br)c1.[2H]CF.[2H]CF.[Na+]. The van der Waals surface area contributed by atoms with E-state index in [1.54, 1.807) is 66.4 Å². The van der Waals surface area contributed by atoms with E-state index in [-0.39, 0.29) is 79.1 Å². The number of carboxylic acid groups (broad SMARTS) is 3. The molecule has 0 heterocycles. The molecular formula is C80H114Br8Cl4F2N5NaO14S2Si5. The number of aryl methyl sites for hydroxylation is 1. The number of alkyl halides is 8. The van der Waals surface area contributed by atoms with E-state index in [4.69, 9.17) is 106 Å². The standard InChI is InChI=1S/C15H22BrNO2SSi.C14H20BrNO3Si.C14H20BrNO2SSi.C12H17Br2NOSi.C8H6Br2O2.C8H7BrO2.C4H13NSi.C2H4O2.CCl4.2CH3F.Na/c1-11(18)19-9-13-7-6-12(8-14(13)16)15(20-2)17-10-21(3,4)5;1-10(17)19-8-12-6-5-11(7-13(12)15)14(18)16-9-20(2,3)4;1-10(17)18-8-12-6-5-11(7-13(12)15)14(19)16-9-20(2,3)4;1-17(2,3)8-15-12(16)9-4-5-10(7-13)11(14)6-9;9-4-6-2-1-5(8(11)12)3-7(6)10;1-5-2-3-6(8(10)11)4-7(5)9;1-6(2,3)4-5;1-2(3)4;2-1(3,4)5;2*1-2;/h6-8H,9-10H2,1-5H3;5-7H,8-9H2,1-4H3,(H,16,18);5-7H,8-9H2,1-4H3,(H,16,19);4-6H,7-8H2,1-3H3,(H,15,16);1-3H,4H2,(H,11,12);2-4H,1H3,(H,10,11);4-5H2,1-3H3;1H3,(H,3,4);;2*1H3;/q;;;;;;;;;;;+1/p-1/i;;;;;;;;;2*1D;. The number of benzene rings is 6. The van der Waals surface area contributed by atoms with E-state index in [1.807, 2.05) is 67.8 Å². The molecule has 41 heteroatoms. The molecule has 19 nitrogen and oxygen atoms in total. The summed E-state index contributed by atoms with van der Waals surface area (Å²) < 4.78 is 49.6. The van der Waals surface area contributed by atoms with Crippen molar-refractivity contribution in [1.82, 2.24) is 16.0 Å². The van der Waals surface area contributed by atoms with Gasteiger partial charge in [0.25, 0.3) is 15.1 Å². The Hall–Kier alpha value is -2.11. The molecule has 674 valence electrons. The Kier molecular flexibility index (Phi) is 70.4. The number of aliphatic carboxylic acids is 1. The summed E-state index contributed by atoms with van der Waals surface area (Å²) in [6.07, 6.45) is 6.40. The fourth-order valence-corrected chi connectivity index (χ4v) is 15.5. The van der Waals surface area contributed by atoms with Crippen LogP contribution in [0.25, 0.3) is 0 Å². The molecular weight excluding hydrogens is 2300 g/mol. The van der Waals surface area contributed by atoms with E-state index in [1.165, 1.54) is 20.8 Å². The van der Waals surface area contributed by atoms with Crippen LogP contribution in [0.5, 0.6) is 0 Å². The number of halogens is 14. The van der Waals surface area contributed by atoms with Crippen LogP contribution in [-0.2, 0) is 63.9 Å². The number of aliphatic imine (C=N–C) groups is 1. The van der Waals surface area contributed by atoms with Crippen LogP contribution >= 0.6 is 198 Å². The predicted octanol–water partition coefficient (Wildman–Crippen LogP) is 21.0. The summed E-state index contributed by atoms with van der Waals surface area (Å²) in [5.41, 5.74) is 15.3. The molecule has 0 atom stereocenters. The third kappa shape index (κ3) is 72.4. The Labute approximate surface area is 842 Å². The van der Waals surface area contributed by atoms with Crippen LogP contribution in [0.3, 0.4) is 0 Å². The zero-order valence-corrected chi connectivity index (χ0v) is 96.6. The number of rotatable bonds is 23. The van der Waals surface area contributed by atoms with E-state index >= 15 is 0 Å². The molecule has 6 rings (SSSR count). The monoisotopic (exact) mass is 2410 g/mol. The Balaban J connectivity index is -0.000000321. The molecule has 0 aliphatic rings. The van der Waals surface area contributed by atoms with Gasteiger partial charge in [-0.05, 0) is 104 Å². The maximum absolute atomic E-state index is 12.0. The first-order valence-electron chi connectivity index (χ1n) is 37.2. The Bertz CT molecular complexity index is 4200. The number of thiocarbonyl (C=S) groups is 1. The van der Waals surface area contributed by atoms with Crippen molar-refractivity contribution in [3.8, 4) is 0 Å². The second-order valence-electron chi connectivity index (χ2n) is 31.0. The maximum Gasteiger partial charge on any atom is 1.00 e. The van der Waals surface area contributed by atoms with Crippen LogP contribution < -0.4 is 56.3 Å². The van der Waals surface area contributed by atoms with Crippen LogP contribution in [0.4, 0.5) is 8.78 Å². The van der Waals surface area contributed by atoms with Gasteiger partial charge in [0.2, 0.25) is 0 Å². The van der Waals surface area contributed by atoms with Crippen molar-refractivity contribution in [2.75, 3.05) is 51.4 Å². The average Bonchev–Trinajstić information content (AvgIpc) is 0.861. The summed E-state index contributed by atoms with van der Waals surface area (Å²) in [6, 6.07) is 32.8. The summed E-state index contributed by atoms with van der Waals surface area (Å²) >= 11 is 53.5. The van der Waals surface area contributed by atoms with Gasteiger partial charge in [0, 0.05) is 128 Å². The van der Waals surface area contributed by atoms with Gasteiger partial charge in [0.1, 0.15) is 24.8 Å². The summed E-state index contributed by atoms with van der Waals surface area (Å²) in [5, 5.41) is 37.9. The minimum atomic E-state index is -1.61. The normalized spacial score (nSPS) is 10.9. The average molecular weight is 2420 g/mol. The number of carbonyl (C=O) groups is 8. The molecule has 0 saturated heterocycles. The molecule has 6 aromatic carbocycles. The van der Waals surface area contributed by atoms with Crippen molar-refractivity contribution in [1.29, 1.82) is 0 Å². The second kappa shape index (κ2) is 68.0. The quantitative estimate of drug-likeness (QED) is 0.00660. The molecule has 6 aromatic rings. The number of esters is 3. The van der Waals surface area contributed by atoms with Crippen LogP contribution in [0.1, 0.15) is 116 Å². The molecule has 0 aliphatic heterocycles. The molecule has 121 heavy (non-hydrogen) atoms. The molecule has 7 N–H and O–H groups in total. The van der Waals surface area contributed by atoms with Gasteiger partial charge in [-0.15, -0.1) is 11.8 Å². The van der Waals surface area contributed by atoms with Gasteiger partial charge in [0.05, 0.1) is 73.6 Å². The van der Waals surface area contributed by atoms with Crippen molar-refractivity contribution >= 4 is 296 Å². The van der Waals surface area contributed by atoms with Crippen molar-refractivity contribution < 1.29 is 109 Å². The minimum absolute atomic E-state index is 0. The number of hydrogen-bond acceptors (Lipinski definition) is 16. The molecule has 0 fully saturated rings. The zero-order chi connectivity index (χ0) is 96.0. The van der Waals surface area contributed by atoms with Gasteiger partial charge < -0.3 is 56.0 Å². The summed E-state index contributed by atoms with van der Waals surface area (Å²) in [7, 11) is -7.75. The van der Waals surface area contributed by atoms with Crippen molar-refractivity contribution in [3.05, 3.63) is 203 Å². The van der Waals surface area contributed by atoms with Gasteiger partial charge in [-0.1, -0.05) is 333 Å². The summed E-state index contributed by atoms with van der Waals surface area (Å²) in [4.78, 5) is 91.8. The number of nitrogens with zero attached hydrogens (tertiary/aromatic N) is 1. The van der Waals surface area contributed by atoms with Crippen LogP contribution in [0, 0.1) is 6.92 Å². The Morgan fingerprint density at radius 3 is 0.992 bits per heavy atom. The molecule has 0 unspecified atom stereocenters. The number of carbonyl (C=O) groups excluding carboxylic acids is 6. The molecule has 0 spiro atoms. The topological polar surface area (TPSA) is 302 Å². The van der Waals surface area contributed by atoms with Gasteiger partial charge in [0.15, 0.2) is 0 Å². The molecule has 0 bridgehead atoms. The fraction of sp³-hybridized carbons (Fsp3) is 0.425. The van der Waals surface area contributed by atoms with Gasteiger partial charge in [-0.3, -0.25) is 37.7 Å². The predicted molar refractivity (Wildman–Crippen MR) is 541 cm³/mol. The number of hydrogen-bond donors (Lipinski definition) is 6. The van der Waals surface area contributed by atoms with E-state index in [2.05, 4.69) is 242 Å². The first kappa shape index (κ1) is 125. The number of aromatic carboxylic acids is 2. The zero-order valence-electron chi connectivity index (χ0n) is 74.3. The first-order chi connectivity index (χ1) is 55.8. The first-order valence-corrected chi connectivity index (χ1v) is 64.4. The van der Waals surface area contributed by atoms with E-state index in [0.29, 0.717) is 27.6 Å². The largest absolute Gasteiger partial charge is 1.00 e. The molecule has 0 aliphatic carbocycles. The molecule has 0 aromatic heterocycles. The van der Waals surface area contributed by atoms with Crippen molar-refractivity contribution in [2.24, 2.45) is 10.7 Å². The number of nitrogens with one attached hydrogen (secondary N) is 3. The number of nitrogens with two attached hydrogens (primary N) is 1. The molecule has 2 amide bonds. The minimum Gasteiger partial charge on any atom is -0.550 e. The third-order valence-electron chi connectivity index (χ3n) is 13.4. The van der Waals surface area contributed by atoms with Crippen LogP contribution in [0.2, 0.25) is 98.2 Å². The molecule has 0 saturated carbocycles. The fourth-order valence-electron chi connectivity index (χ4n) is 7.18. The van der Waals surface area contributed by atoms with E-state index in [0.717, 1.165) is 124 Å². The van der Waals surface area contributed by atoms with Gasteiger partial charge in [-0.25, -0.2) is 9.59 Å². The van der Waals surface area contributed by atoms with Crippen molar-refractivity contribution in [3.63, 3.8) is 0 Å². The van der Waals surface area contributed by atoms with Gasteiger partial charge in [-0.2, -0.15) is 0 Å². The van der Waals surface area contributed by atoms with Crippen LogP contribution in [0.15, 0.2) is 141 Å². The summed E-state index contributed by atoms with van der Waals surface area (Å²) in [5.74, 6) is -3.83. The Morgan fingerprint density at radius 2 is 0.736 bits per heavy atom. The number of thioether (sulfide) groups is 1. The van der Waals surface area contributed by atoms with E-state index < -0.39 is 75.8 Å². The molecule has 0 radical (unpaired) electrons. The smallest absolute Gasteiger partial charge is 0.550 e. The van der Waals surface area contributed by atoms with Gasteiger partial charge >= 0.3 is 59.4 Å². The number of ether oxygens (including phenoxy) is 3. The maximum atomic E-state index is 12.0. The third-order valence-corrected chi connectivity index (χ3v) is 26.3.